The monoisotopic (exact) mass is 480 g/mol. The molecule has 0 saturated heterocycles. The molecule has 0 aliphatic heterocycles. The molecule has 0 radical (unpaired) electrons. The Labute approximate surface area is 212 Å². The van der Waals surface area contributed by atoms with E-state index in [0.29, 0.717) is 38.5 Å². The van der Waals surface area contributed by atoms with E-state index < -0.39 is 11.8 Å². The second kappa shape index (κ2) is 9.43. The summed E-state index contributed by atoms with van der Waals surface area (Å²) in [6, 6.07) is 31.3. The second-order valence-corrected chi connectivity index (χ2v) is 8.44. The molecule has 6 aromatic rings. The summed E-state index contributed by atoms with van der Waals surface area (Å²) in [4.78, 5) is 43.1. The first-order chi connectivity index (χ1) is 18.2. The van der Waals surface area contributed by atoms with E-state index in [-0.39, 0.29) is 5.82 Å². The molecule has 6 nitrogen and oxygen atoms in total. The van der Waals surface area contributed by atoms with E-state index >= 15 is 0 Å². The van der Waals surface area contributed by atoms with E-state index in [1.165, 1.54) is 4.90 Å². The molecule has 3 aromatic carbocycles. The summed E-state index contributed by atoms with van der Waals surface area (Å²) in [6.07, 6.45) is 4.75. The average Bonchev–Trinajstić information content (AvgIpc) is 2.97. The van der Waals surface area contributed by atoms with Crippen LogP contribution in [0.4, 0.5) is 5.82 Å². The molecule has 6 rings (SSSR count). The highest BCUT2D eigenvalue weighted by Crippen LogP contribution is 2.32. The number of benzene rings is 3. The molecule has 0 spiro atoms. The van der Waals surface area contributed by atoms with Crippen LogP contribution in [-0.2, 0) is 0 Å². The van der Waals surface area contributed by atoms with Gasteiger partial charge in [-0.05, 0) is 42.0 Å². The highest BCUT2D eigenvalue weighted by atomic mass is 16.2. The first-order valence-electron chi connectivity index (χ1n) is 11.8. The summed E-state index contributed by atoms with van der Waals surface area (Å²) >= 11 is 0. The van der Waals surface area contributed by atoms with Crippen LogP contribution in [0.15, 0.2) is 122 Å². The van der Waals surface area contributed by atoms with Crippen molar-refractivity contribution in [1.29, 1.82) is 0 Å². The molecule has 3 aromatic heterocycles. The number of aromatic nitrogens is 3. The Hall–Kier alpha value is -5.23. The minimum atomic E-state index is -0.486. The maximum atomic E-state index is 14.3. The lowest BCUT2D eigenvalue weighted by Gasteiger charge is -2.24. The highest BCUT2D eigenvalue weighted by Gasteiger charge is 2.31. The Balaban J connectivity index is 1.60. The standard InChI is InChI=1S/C31H20N4O2/c36-30(25-16-19-32-27-14-6-4-11-23(25)27)35(29-22(13-8-18-34-29)21-9-2-1-3-10-21)31(37)26-17-20-33-28-15-7-5-12-24(26)28/h1-20H. The number of anilines is 1. The van der Waals surface area contributed by atoms with Gasteiger partial charge >= 0.3 is 0 Å². The molecule has 3 heterocycles. The lowest BCUT2D eigenvalue weighted by Crippen LogP contribution is -2.38. The number of fused-ring (bicyclic) bond motifs is 2. The zero-order valence-corrected chi connectivity index (χ0v) is 19.7. The fraction of sp³-hybridized carbons (Fsp3) is 0. The van der Waals surface area contributed by atoms with Crippen LogP contribution in [0.1, 0.15) is 20.7 Å². The predicted octanol–water partition coefficient (Wildman–Crippen LogP) is 6.33. The van der Waals surface area contributed by atoms with Gasteiger partial charge in [0.2, 0.25) is 0 Å². The van der Waals surface area contributed by atoms with Crippen LogP contribution in [0.2, 0.25) is 0 Å². The fourth-order valence-corrected chi connectivity index (χ4v) is 4.51. The number of carbonyl (C=O) groups is 2. The van der Waals surface area contributed by atoms with Crippen molar-refractivity contribution in [2.24, 2.45) is 0 Å². The summed E-state index contributed by atoms with van der Waals surface area (Å²) in [5.41, 5.74) is 3.57. The molecule has 37 heavy (non-hydrogen) atoms. The van der Waals surface area contributed by atoms with Crippen molar-refractivity contribution in [3.05, 3.63) is 133 Å². The molecule has 0 fully saturated rings. The zero-order valence-electron chi connectivity index (χ0n) is 19.7. The highest BCUT2D eigenvalue weighted by molar-refractivity contribution is 6.30. The number of para-hydroxylation sites is 2. The Kier molecular flexibility index (Phi) is 5.67. The number of hydrogen-bond donors (Lipinski definition) is 0. The number of pyridine rings is 3. The summed E-state index contributed by atoms with van der Waals surface area (Å²) in [6.45, 7) is 0. The van der Waals surface area contributed by atoms with E-state index in [1.807, 2.05) is 84.9 Å². The fourth-order valence-electron chi connectivity index (χ4n) is 4.51. The summed E-state index contributed by atoms with van der Waals surface area (Å²) in [5.74, 6) is -0.716. The average molecular weight is 481 g/mol. The number of rotatable bonds is 4. The molecule has 6 heteroatoms. The van der Waals surface area contributed by atoms with E-state index in [1.54, 1.807) is 36.8 Å². The molecule has 0 saturated carbocycles. The van der Waals surface area contributed by atoms with Gasteiger partial charge in [0.15, 0.2) is 5.82 Å². The summed E-state index contributed by atoms with van der Waals surface area (Å²) < 4.78 is 0. The van der Waals surface area contributed by atoms with Gasteiger partial charge in [0.05, 0.1) is 22.2 Å². The molecule has 0 aliphatic rings. The van der Waals surface area contributed by atoms with Crippen LogP contribution in [0.25, 0.3) is 32.9 Å². The number of imide groups is 1. The summed E-state index contributed by atoms with van der Waals surface area (Å²) in [7, 11) is 0. The van der Waals surface area contributed by atoms with Crippen molar-refractivity contribution >= 4 is 39.4 Å². The lowest BCUT2D eigenvalue weighted by molar-refractivity contribution is 0.0898. The first-order valence-corrected chi connectivity index (χ1v) is 11.8. The van der Waals surface area contributed by atoms with E-state index in [4.69, 9.17) is 0 Å². The number of carbonyl (C=O) groups excluding carboxylic acids is 2. The van der Waals surface area contributed by atoms with Gasteiger partial charge in [-0.2, -0.15) is 0 Å². The van der Waals surface area contributed by atoms with Crippen LogP contribution in [0.5, 0.6) is 0 Å². The third-order valence-electron chi connectivity index (χ3n) is 6.25. The first kappa shape index (κ1) is 22.2. The zero-order chi connectivity index (χ0) is 25.2. The van der Waals surface area contributed by atoms with Crippen LogP contribution in [0.3, 0.4) is 0 Å². The molecule has 2 amide bonds. The normalized spacial score (nSPS) is 10.9. The summed E-state index contributed by atoms with van der Waals surface area (Å²) in [5, 5.41) is 1.31. The third kappa shape index (κ3) is 4.00. The Bertz CT molecular complexity index is 1680. The van der Waals surface area contributed by atoms with E-state index in [2.05, 4.69) is 15.0 Å². The van der Waals surface area contributed by atoms with Crippen molar-refractivity contribution < 1.29 is 9.59 Å². The molecule has 0 N–H and O–H groups in total. The van der Waals surface area contributed by atoms with E-state index in [0.717, 1.165) is 5.56 Å². The van der Waals surface area contributed by atoms with Crippen molar-refractivity contribution in [3.8, 4) is 11.1 Å². The van der Waals surface area contributed by atoms with Gasteiger partial charge in [0.25, 0.3) is 11.8 Å². The van der Waals surface area contributed by atoms with Crippen molar-refractivity contribution in [1.82, 2.24) is 15.0 Å². The van der Waals surface area contributed by atoms with Crippen LogP contribution in [0, 0.1) is 0 Å². The van der Waals surface area contributed by atoms with Crippen LogP contribution in [-0.4, -0.2) is 26.8 Å². The predicted molar refractivity (Wildman–Crippen MR) is 144 cm³/mol. The van der Waals surface area contributed by atoms with Crippen LogP contribution >= 0.6 is 0 Å². The molecule has 0 atom stereocenters. The second-order valence-electron chi connectivity index (χ2n) is 8.44. The van der Waals surface area contributed by atoms with Crippen molar-refractivity contribution in [2.75, 3.05) is 4.90 Å². The largest absolute Gasteiger partial charge is 0.268 e. The van der Waals surface area contributed by atoms with Gasteiger partial charge in [-0.1, -0.05) is 66.7 Å². The maximum Gasteiger partial charge on any atom is 0.267 e. The van der Waals surface area contributed by atoms with Crippen molar-refractivity contribution in [2.45, 2.75) is 0 Å². The molecule has 0 unspecified atom stereocenters. The number of hydrogen-bond acceptors (Lipinski definition) is 5. The Morgan fingerprint density at radius 2 is 1.05 bits per heavy atom. The van der Waals surface area contributed by atoms with Gasteiger partial charge in [-0.15, -0.1) is 0 Å². The van der Waals surface area contributed by atoms with Gasteiger partial charge in [0, 0.05) is 34.9 Å². The van der Waals surface area contributed by atoms with Gasteiger partial charge in [-0.25, -0.2) is 9.88 Å². The quantitative estimate of drug-likeness (QED) is 0.276. The molecular weight excluding hydrogens is 460 g/mol. The maximum absolute atomic E-state index is 14.3. The minimum absolute atomic E-state index is 0.255. The van der Waals surface area contributed by atoms with Gasteiger partial charge in [-0.3, -0.25) is 19.6 Å². The third-order valence-corrected chi connectivity index (χ3v) is 6.25. The molecule has 0 bridgehead atoms. The van der Waals surface area contributed by atoms with Crippen molar-refractivity contribution in [3.63, 3.8) is 0 Å². The molecule has 176 valence electrons. The van der Waals surface area contributed by atoms with Crippen LogP contribution < -0.4 is 4.90 Å². The lowest BCUT2D eigenvalue weighted by atomic mass is 10.0. The minimum Gasteiger partial charge on any atom is -0.268 e. The Morgan fingerprint density at radius 3 is 1.65 bits per heavy atom. The number of amides is 2. The SMILES string of the molecule is O=C(c1ccnc2ccccc12)N(C(=O)c1ccnc2ccccc12)c1ncccc1-c1ccccc1. The van der Waals surface area contributed by atoms with Gasteiger partial charge in [0.1, 0.15) is 0 Å². The number of nitrogens with zero attached hydrogens (tertiary/aromatic N) is 4. The smallest absolute Gasteiger partial charge is 0.267 e. The van der Waals surface area contributed by atoms with E-state index in [9.17, 15) is 9.59 Å². The molecular formula is C31H20N4O2. The van der Waals surface area contributed by atoms with Gasteiger partial charge < -0.3 is 0 Å². The molecule has 0 aliphatic carbocycles. The topological polar surface area (TPSA) is 76.1 Å². The Morgan fingerprint density at radius 1 is 0.514 bits per heavy atom.